The van der Waals surface area contributed by atoms with Gasteiger partial charge in [-0.25, -0.2) is 4.98 Å². The molecule has 1 aromatic heterocycles. The zero-order valence-corrected chi connectivity index (χ0v) is 8.01. The molecular formula is C10H12N2O2. The van der Waals surface area contributed by atoms with E-state index in [2.05, 4.69) is 4.98 Å². The van der Waals surface area contributed by atoms with Gasteiger partial charge in [0, 0.05) is 19.2 Å². The van der Waals surface area contributed by atoms with E-state index >= 15 is 0 Å². The van der Waals surface area contributed by atoms with E-state index in [0.717, 1.165) is 0 Å². The van der Waals surface area contributed by atoms with Crippen LogP contribution >= 0.6 is 0 Å². The number of nitrogens with zero attached hydrogens (tertiary/aromatic N) is 2. The average molecular weight is 192 g/mol. The van der Waals surface area contributed by atoms with Gasteiger partial charge in [0.15, 0.2) is 0 Å². The van der Waals surface area contributed by atoms with Gasteiger partial charge in [-0.15, -0.1) is 0 Å². The molecule has 0 atom stereocenters. The molecule has 1 amide bonds. The van der Waals surface area contributed by atoms with Gasteiger partial charge in [0.2, 0.25) is 11.8 Å². The highest BCUT2D eigenvalue weighted by atomic mass is 16.5. The maximum atomic E-state index is 10.9. The number of carbonyl (C=O) groups is 1. The first-order valence-electron chi connectivity index (χ1n) is 4.59. The number of rotatable bonds is 2. The fourth-order valence-electron chi connectivity index (χ4n) is 1.36. The monoisotopic (exact) mass is 192 g/mol. The lowest BCUT2D eigenvalue weighted by Crippen LogP contribution is -2.55. The number of likely N-dealkylation sites (tertiary alicyclic amines) is 1. The van der Waals surface area contributed by atoms with Crippen LogP contribution in [0.3, 0.4) is 0 Å². The molecule has 0 saturated carbocycles. The number of aromatic nitrogens is 1. The van der Waals surface area contributed by atoms with Crippen LogP contribution in [0.1, 0.15) is 6.92 Å². The third-order valence-electron chi connectivity index (χ3n) is 2.22. The Labute approximate surface area is 82.5 Å². The Morgan fingerprint density at radius 3 is 2.93 bits per heavy atom. The Balaban J connectivity index is 1.82. The molecule has 0 aromatic carbocycles. The Bertz CT molecular complexity index is 320. The maximum absolute atomic E-state index is 10.9. The topological polar surface area (TPSA) is 42.4 Å². The Kier molecular flexibility index (Phi) is 2.35. The second-order valence-electron chi connectivity index (χ2n) is 3.33. The van der Waals surface area contributed by atoms with Gasteiger partial charge in [-0.1, -0.05) is 6.07 Å². The molecule has 0 radical (unpaired) electrons. The fraction of sp³-hybridized carbons (Fsp3) is 0.400. The summed E-state index contributed by atoms with van der Waals surface area (Å²) in [6.07, 6.45) is 1.80. The van der Waals surface area contributed by atoms with E-state index in [9.17, 15) is 4.79 Å². The Hall–Kier alpha value is -1.58. The molecule has 74 valence electrons. The molecule has 4 nitrogen and oxygen atoms in total. The quantitative estimate of drug-likeness (QED) is 0.692. The van der Waals surface area contributed by atoms with E-state index in [1.54, 1.807) is 18.0 Å². The summed E-state index contributed by atoms with van der Waals surface area (Å²) in [4.78, 5) is 16.7. The number of amides is 1. The van der Waals surface area contributed by atoms with E-state index < -0.39 is 0 Å². The summed E-state index contributed by atoms with van der Waals surface area (Å²) < 4.78 is 5.53. The summed E-state index contributed by atoms with van der Waals surface area (Å²) in [5.41, 5.74) is 0. The molecule has 0 N–H and O–H groups in total. The van der Waals surface area contributed by atoms with E-state index in [4.69, 9.17) is 4.74 Å². The SMILES string of the molecule is CC(=O)N1CC(Oc2ccccn2)C1. The minimum absolute atomic E-state index is 0.103. The minimum Gasteiger partial charge on any atom is -0.471 e. The van der Waals surface area contributed by atoms with Gasteiger partial charge in [-0.05, 0) is 6.07 Å². The molecule has 0 aliphatic carbocycles. The van der Waals surface area contributed by atoms with Crippen LogP contribution in [0.15, 0.2) is 24.4 Å². The molecule has 14 heavy (non-hydrogen) atoms. The summed E-state index contributed by atoms with van der Waals surface area (Å²) in [6, 6.07) is 5.54. The first kappa shape index (κ1) is 8.99. The highest BCUT2D eigenvalue weighted by Crippen LogP contribution is 2.15. The lowest BCUT2D eigenvalue weighted by atomic mass is 10.2. The molecule has 1 saturated heterocycles. The summed E-state index contributed by atoms with van der Waals surface area (Å²) in [5.74, 6) is 0.728. The largest absolute Gasteiger partial charge is 0.471 e. The number of carbonyl (C=O) groups excluding carboxylic acids is 1. The predicted molar refractivity (Wildman–Crippen MR) is 50.9 cm³/mol. The summed E-state index contributed by atoms with van der Waals surface area (Å²) in [6.45, 7) is 2.91. The van der Waals surface area contributed by atoms with Gasteiger partial charge in [-0.2, -0.15) is 0 Å². The molecule has 4 heteroatoms. The second-order valence-corrected chi connectivity index (χ2v) is 3.33. The van der Waals surface area contributed by atoms with Gasteiger partial charge < -0.3 is 9.64 Å². The fourth-order valence-corrected chi connectivity index (χ4v) is 1.36. The van der Waals surface area contributed by atoms with Crippen LogP contribution in [0.2, 0.25) is 0 Å². The smallest absolute Gasteiger partial charge is 0.219 e. The van der Waals surface area contributed by atoms with Crippen molar-refractivity contribution in [1.82, 2.24) is 9.88 Å². The van der Waals surface area contributed by atoms with Crippen molar-refractivity contribution in [2.75, 3.05) is 13.1 Å². The molecule has 2 heterocycles. The lowest BCUT2D eigenvalue weighted by molar-refractivity contribution is -0.137. The second kappa shape index (κ2) is 3.65. The van der Waals surface area contributed by atoms with E-state index in [-0.39, 0.29) is 12.0 Å². The first-order valence-corrected chi connectivity index (χ1v) is 4.59. The van der Waals surface area contributed by atoms with Gasteiger partial charge in [0.1, 0.15) is 6.10 Å². The van der Waals surface area contributed by atoms with Crippen LogP contribution in [-0.2, 0) is 4.79 Å². The molecule has 0 bridgehead atoms. The predicted octanol–water partition coefficient (Wildman–Crippen LogP) is 0.691. The molecular weight excluding hydrogens is 180 g/mol. The molecule has 1 aromatic rings. The van der Waals surface area contributed by atoms with Crippen molar-refractivity contribution in [1.29, 1.82) is 0 Å². The molecule has 1 aliphatic heterocycles. The van der Waals surface area contributed by atoms with Gasteiger partial charge in [-0.3, -0.25) is 4.79 Å². The first-order chi connectivity index (χ1) is 6.75. The van der Waals surface area contributed by atoms with Crippen molar-refractivity contribution in [2.45, 2.75) is 13.0 Å². The van der Waals surface area contributed by atoms with Crippen molar-refractivity contribution in [3.05, 3.63) is 24.4 Å². The number of hydrogen-bond donors (Lipinski definition) is 0. The average Bonchev–Trinajstić information content (AvgIpc) is 2.12. The zero-order valence-electron chi connectivity index (χ0n) is 8.01. The Morgan fingerprint density at radius 1 is 1.57 bits per heavy atom. The van der Waals surface area contributed by atoms with Crippen LogP contribution in [-0.4, -0.2) is 35.0 Å². The third-order valence-corrected chi connectivity index (χ3v) is 2.22. The molecule has 2 rings (SSSR count). The van der Waals surface area contributed by atoms with E-state index in [1.165, 1.54) is 0 Å². The highest BCUT2D eigenvalue weighted by molar-refractivity contribution is 5.74. The zero-order chi connectivity index (χ0) is 9.97. The normalized spacial score (nSPS) is 16.2. The van der Waals surface area contributed by atoms with E-state index in [1.807, 2.05) is 18.2 Å². The lowest BCUT2D eigenvalue weighted by Gasteiger charge is -2.37. The van der Waals surface area contributed by atoms with E-state index in [0.29, 0.717) is 19.0 Å². The highest BCUT2D eigenvalue weighted by Gasteiger charge is 2.30. The van der Waals surface area contributed by atoms with Crippen LogP contribution in [0, 0.1) is 0 Å². The summed E-state index contributed by atoms with van der Waals surface area (Å²) in [7, 11) is 0. The van der Waals surface area contributed by atoms with Crippen LogP contribution in [0.5, 0.6) is 5.88 Å². The van der Waals surface area contributed by atoms with Crippen LogP contribution < -0.4 is 4.74 Å². The van der Waals surface area contributed by atoms with Gasteiger partial charge in [0.25, 0.3) is 0 Å². The summed E-state index contributed by atoms with van der Waals surface area (Å²) >= 11 is 0. The molecule has 1 aliphatic rings. The number of hydrogen-bond acceptors (Lipinski definition) is 3. The van der Waals surface area contributed by atoms with Crippen molar-refractivity contribution in [2.24, 2.45) is 0 Å². The molecule has 1 fully saturated rings. The number of ether oxygens (including phenoxy) is 1. The van der Waals surface area contributed by atoms with Crippen LogP contribution in [0.25, 0.3) is 0 Å². The van der Waals surface area contributed by atoms with Crippen molar-refractivity contribution in [3.8, 4) is 5.88 Å². The third kappa shape index (κ3) is 1.84. The molecule has 0 unspecified atom stereocenters. The van der Waals surface area contributed by atoms with Gasteiger partial charge >= 0.3 is 0 Å². The maximum Gasteiger partial charge on any atom is 0.219 e. The Morgan fingerprint density at radius 2 is 2.36 bits per heavy atom. The molecule has 0 spiro atoms. The number of pyridine rings is 1. The van der Waals surface area contributed by atoms with Gasteiger partial charge in [0.05, 0.1) is 13.1 Å². The van der Waals surface area contributed by atoms with Crippen molar-refractivity contribution < 1.29 is 9.53 Å². The van der Waals surface area contributed by atoms with Crippen molar-refractivity contribution in [3.63, 3.8) is 0 Å². The van der Waals surface area contributed by atoms with Crippen LogP contribution in [0.4, 0.5) is 0 Å². The summed E-state index contributed by atoms with van der Waals surface area (Å²) in [5, 5.41) is 0. The minimum atomic E-state index is 0.103. The standard InChI is InChI=1S/C10H12N2O2/c1-8(13)12-6-9(7-12)14-10-4-2-3-5-11-10/h2-5,9H,6-7H2,1H3. The van der Waals surface area contributed by atoms with Crippen molar-refractivity contribution >= 4 is 5.91 Å².